The molecule has 0 fully saturated rings. The molecule has 0 aliphatic heterocycles. The first kappa shape index (κ1) is 49.5. The first-order valence-electron chi connectivity index (χ1n) is 2.83. The van der Waals surface area contributed by atoms with E-state index in [0.717, 1.165) is 0 Å². The summed E-state index contributed by atoms with van der Waals surface area (Å²) >= 11 is -13.1. The Hall–Kier alpha value is 2.97. The maximum atomic E-state index is 8.53. The van der Waals surface area contributed by atoms with Crippen LogP contribution in [-0.4, -0.2) is 120 Å². The number of hydrogen-bond acceptors (Lipinski definition) is 12. The second-order valence-corrected chi connectivity index (χ2v) is 3.00. The third kappa shape index (κ3) is 946. The second kappa shape index (κ2) is 120. The van der Waals surface area contributed by atoms with Crippen molar-refractivity contribution in [2.75, 3.05) is 0 Å². The normalized spacial score (nSPS) is 3.60. The maximum absolute atomic E-state index is 8.53. The van der Waals surface area contributed by atoms with E-state index in [1.807, 2.05) is 0 Å². The molecule has 0 aliphatic rings. The van der Waals surface area contributed by atoms with Crippen molar-refractivity contribution in [3.63, 3.8) is 0 Å². The summed E-state index contributed by atoms with van der Waals surface area (Å²) in [5, 5.41) is 0. The zero-order valence-corrected chi connectivity index (χ0v) is 28.9. The molecule has 0 unspecified atom stereocenters. The summed E-state index contributed by atoms with van der Waals surface area (Å²) < 4.78 is 102. The molecule has 0 spiro atoms. The fraction of sp³-hybridized carbons (Fsp3) is 0. The summed E-state index contributed by atoms with van der Waals surface area (Å²) in [7, 11) is 0. The molecule has 0 heterocycles. The van der Waals surface area contributed by atoms with E-state index >= 15 is 0 Å². The van der Waals surface area contributed by atoms with E-state index in [2.05, 4.69) is 0 Å². The van der Waals surface area contributed by atoms with Gasteiger partial charge in [0.05, 0.1) is 0 Å². The van der Waals surface area contributed by atoms with Crippen LogP contribution in [0.2, 0.25) is 0 Å². The maximum Gasteiger partial charge on any atom is 3.00 e. The van der Waals surface area contributed by atoms with Gasteiger partial charge in [0.15, 0.2) is 0 Å². The molecule has 12 nitrogen and oxygen atoms in total. The summed E-state index contributed by atoms with van der Waals surface area (Å²) in [5.41, 5.74) is 0. The topological polar surface area (TPSA) is 241 Å². The van der Waals surface area contributed by atoms with Crippen molar-refractivity contribution in [3.8, 4) is 0 Å². The Balaban J connectivity index is -0.0000000141. The predicted molar refractivity (Wildman–Crippen MR) is 52.8 cm³/mol. The molecule has 0 aromatic rings. The fourth-order valence-electron chi connectivity index (χ4n) is 0. The van der Waals surface area contributed by atoms with Crippen LogP contribution in [0.4, 0.5) is 0 Å². The zero-order valence-electron chi connectivity index (χ0n) is 9.09. The summed E-state index contributed by atoms with van der Waals surface area (Å²) in [6.07, 6.45) is 0. The van der Waals surface area contributed by atoms with Crippen molar-refractivity contribution >= 4 is 120 Å². The number of rotatable bonds is 0. The molecule has 20 heavy (non-hydrogen) atoms. The van der Waals surface area contributed by atoms with E-state index < -0.39 is 94.2 Å². The molecule has 0 amide bonds. The molecule has 0 saturated carbocycles. The van der Waals surface area contributed by atoms with Crippen molar-refractivity contribution in [1.29, 1.82) is 0 Å². The van der Waals surface area contributed by atoms with Gasteiger partial charge in [-0.2, -0.15) is 0 Å². The van der Waals surface area contributed by atoms with Crippen LogP contribution in [0.25, 0.3) is 0 Å². The van der Waals surface area contributed by atoms with Crippen LogP contribution < -0.4 is 24.8 Å². The first-order valence-corrected chi connectivity index (χ1v) is 14.7. The van der Waals surface area contributed by atoms with Crippen molar-refractivity contribution in [2.45, 2.75) is 0 Å². The van der Waals surface area contributed by atoms with Gasteiger partial charge in [-0.1, -0.05) is 0 Å². The van der Waals surface area contributed by atoms with Gasteiger partial charge in [-0.15, -0.1) is 0 Å². The molecule has 20 heteroatoms. The van der Waals surface area contributed by atoms with Crippen molar-refractivity contribution in [3.05, 3.63) is 0 Å². The average Bonchev–Trinajstić information content (AvgIpc) is 2.23. The average molecular weight is 1010 g/mol. The second-order valence-electron chi connectivity index (χ2n) is 0.577. The number of hydrogen-bond donors (Lipinski definition) is 0. The molecule has 0 aromatic carbocycles. The summed E-state index contributed by atoms with van der Waals surface area (Å²) in [6.45, 7) is 0. The van der Waals surface area contributed by atoms with Gasteiger partial charge in [0.1, 0.15) is 0 Å². The Morgan fingerprint density at radius 1 is 0.400 bits per heavy atom. The SMILES string of the molecule is [Bi+3].[O]=[GeH][O-].[O]=[GeH][O-].[O]=[GeH][O-].[O]=[GeH][O-].[O]=[GeH][O-].[O]=[GeH][O-].[Tm+3]. The van der Waals surface area contributed by atoms with E-state index in [4.69, 9.17) is 47.5 Å². The Morgan fingerprint density at radius 3 is 0.400 bits per heavy atom. The van der Waals surface area contributed by atoms with E-state index in [0.29, 0.717) is 0 Å². The standard InChI is InChI=1S/Bi.6GeHO2.Tm/c;6*2-1-3;/h;6*1H;/q+3;6*-1;+3. The van der Waals surface area contributed by atoms with Crippen molar-refractivity contribution < 1.29 is 84.3 Å². The fourth-order valence-corrected chi connectivity index (χ4v) is 0. The molecular weight excluding hydrogens is 1010 g/mol. The third-order valence-electron chi connectivity index (χ3n) is 0. The van der Waals surface area contributed by atoms with Gasteiger partial charge in [0.25, 0.3) is 0 Å². The largest absolute Gasteiger partial charge is 3.00 e. The molecule has 0 N–H and O–H groups in total. The molecule has 0 aromatic heterocycles. The van der Waals surface area contributed by atoms with Gasteiger partial charge >= 0.3 is 205 Å². The van der Waals surface area contributed by atoms with Gasteiger partial charge in [-0.3, -0.25) is 0 Å². The summed E-state index contributed by atoms with van der Waals surface area (Å²) in [5.74, 6) is 0. The zero-order chi connectivity index (χ0) is 16.2. The first-order chi connectivity index (χ1) is 8.49. The van der Waals surface area contributed by atoms with Crippen LogP contribution in [0.15, 0.2) is 0 Å². The smallest absolute Gasteiger partial charge is 3.00 e. The van der Waals surface area contributed by atoms with Gasteiger partial charge in [0, 0.05) is 0 Å². The molecule has 0 bridgehead atoms. The molecular formula is H6BiGe6O12Tm. The molecule has 0 atom stereocenters. The van der Waals surface area contributed by atoms with Crippen LogP contribution in [-0.2, 0) is 22.7 Å². The van der Waals surface area contributed by atoms with Crippen molar-refractivity contribution in [1.82, 2.24) is 0 Å². The van der Waals surface area contributed by atoms with E-state index in [9.17, 15) is 0 Å². The molecule has 0 aliphatic carbocycles. The van der Waals surface area contributed by atoms with Gasteiger partial charge in [-0.05, 0) is 0 Å². The van der Waals surface area contributed by atoms with Crippen LogP contribution in [0, 0.1) is 36.9 Å². The minimum atomic E-state index is -2.19. The Labute approximate surface area is 201 Å². The van der Waals surface area contributed by atoms with Crippen LogP contribution >= 0.6 is 0 Å². The van der Waals surface area contributed by atoms with Crippen LogP contribution in [0.1, 0.15) is 0 Å². The molecule has 120 valence electrons. The van der Waals surface area contributed by atoms with Gasteiger partial charge < -0.3 is 0 Å². The quantitative estimate of drug-likeness (QED) is 0.206. The van der Waals surface area contributed by atoms with Crippen LogP contribution in [0.5, 0.6) is 0 Å². The summed E-state index contributed by atoms with van der Waals surface area (Å²) in [6, 6.07) is 0. The molecule has 0 saturated heterocycles. The van der Waals surface area contributed by atoms with E-state index in [1.54, 1.807) is 0 Å². The van der Waals surface area contributed by atoms with Gasteiger partial charge in [-0.25, -0.2) is 0 Å². The van der Waals surface area contributed by atoms with E-state index in [1.165, 1.54) is 0 Å². The van der Waals surface area contributed by atoms with Crippen LogP contribution in [0.3, 0.4) is 0 Å². The Bertz CT molecular complexity index is 119. The van der Waals surface area contributed by atoms with Gasteiger partial charge in [0.2, 0.25) is 0 Å². The predicted octanol–water partition coefficient (Wildman–Crippen LogP) is -12.1. The van der Waals surface area contributed by atoms with E-state index in [-0.39, 0.29) is 63.1 Å². The Morgan fingerprint density at radius 2 is 0.400 bits per heavy atom. The minimum absolute atomic E-state index is 0. The molecule has 2 radical (unpaired) electrons. The van der Waals surface area contributed by atoms with Crippen molar-refractivity contribution in [2.24, 2.45) is 0 Å². The Kier molecular flexibility index (Phi) is 297. The summed E-state index contributed by atoms with van der Waals surface area (Å²) in [4.78, 5) is 0. The molecule has 0 rings (SSSR count). The minimum Gasteiger partial charge on any atom is 3.00 e. The third-order valence-corrected chi connectivity index (χ3v) is 0. The monoisotopic (exact) mass is 1020 g/mol.